The first-order chi connectivity index (χ1) is 13.2. The zero-order valence-corrected chi connectivity index (χ0v) is 15.0. The lowest BCUT2D eigenvalue weighted by molar-refractivity contribution is 0.343. The minimum absolute atomic E-state index is 0.127. The van der Waals surface area contributed by atoms with Crippen molar-refractivity contribution in [1.82, 2.24) is 29.5 Å². The van der Waals surface area contributed by atoms with Crippen LogP contribution in [0.5, 0.6) is 0 Å². The standard InChI is InChI=1S/C17H21N10/c1-25-12-15(9-20-25)27-7-6-19-10-16(27)23-17(24-27)22-13-8-21-26(11-13)14-2-4-18-5-3-14/h6-12,14,18H,2-5H2,1H3,(H,22,24)/q+1. The van der Waals surface area contributed by atoms with Crippen molar-refractivity contribution in [1.29, 1.82) is 0 Å². The number of fused-ring (bicyclic) bond motifs is 1. The average molecular weight is 365 g/mol. The van der Waals surface area contributed by atoms with Crippen LogP contribution in [0.2, 0.25) is 0 Å². The Morgan fingerprint density at radius 3 is 2.89 bits per heavy atom. The van der Waals surface area contributed by atoms with E-state index >= 15 is 0 Å². The Kier molecular flexibility index (Phi) is 3.73. The summed E-state index contributed by atoms with van der Waals surface area (Å²) in [6.07, 6.45) is 15.1. The van der Waals surface area contributed by atoms with Crippen LogP contribution >= 0.6 is 0 Å². The molecule has 5 heterocycles. The summed E-state index contributed by atoms with van der Waals surface area (Å²) in [5, 5.41) is 20.3. The molecule has 2 aromatic rings. The van der Waals surface area contributed by atoms with E-state index in [0.717, 1.165) is 43.1 Å². The van der Waals surface area contributed by atoms with Crippen LogP contribution in [0.3, 0.4) is 0 Å². The molecule has 0 aromatic carbocycles. The van der Waals surface area contributed by atoms with E-state index in [-0.39, 0.29) is 4.59 Å². The van der Waals surface area contributed by atoms with Crippen molar-refractivity contribution >= 4 is 29.4 Å². The van der Waals surface area contributed by atoms with Gasteiger partial charge in [-0.3, -0.25) is 14.4 Å². The van der Waals surface area contributed by atoms with E-state index in [2.05, 4.69) is 30.8 Å². The first kappa shape index (κ1) is 16.1. The number of nitrogens with one attached hydrogen (secondary N) is 2. The molecule has 0 spiro atoms. The van der Waals surface area contributed by atoms with Crippen LogP contribution in [-0.4, -0.2) is 50.7 Å². The normalized spacial score (nSPS) is 24.6. The molecule has 1 unspecified atom stereocenters. The summed E-state index contributed by atoms with van der Waals surface area (Å²) < 4.78 is 3.91. The van der Waals surface area contributed by atoms with Crippen molar-refractivity contribution in [2.24, 2.45) is 22.1 Å². The van der Waals surface area contributed by atoms with Gasteiger partial charge in [-0.15, -0.1) is 0 Å². The Morgan fingerprint density at radius 2 is 2.07 bits per heavy atom. The zero-order valence-electron chi connectivity index (χ0n) is 15.0. The number of aliphatic imine (C=N–C) groups is 2. The highest BCUT2D eigenvalue weighted by atomic mass is 15.7. The monoisotopic (exact) mass is 365 g/mol. The molecule has 1 atom stereocenters. The maximum atomic E-state index is 4.80. The predicted molar refractivity (Wildman–Crippen MR) is 104 cm³/mol. The summed E-state index contributed by atoms with van der Waals surface area (Å²) in [6.45, 7) is 2.06. The molecule has 0 saturated carbocycles. The lowest BCUT2D eigenvalue weighted by atomic mass is 10.1. The molecule has 1 saturated heterocycles. The van der Waals surface area contributed by atoms with E-state index in [9.17, 15) is 0 Å². The van der Waals surface area contributed by atoms with Crippen molar-refractivity contribution in [3.05, 3.63) is 37.2 Å². The Hall–Kier alpha value is -3.11. The number of aryl methyl sites for hydroxylation is 1. The van der Waals surface area contributed by atoms with Gasteiger partial charge in [0.15, 0.2) is 6.20 Å². The Morgan fingerprint density at radius 1 is 1.19 bits per heavy atom. The quantitative estimate of drug-likeness (QED) is 0.799. The third-order valence-corrected chi connectivity index (χ3v) is 5.01. The Balaban J connectivity index is 1.41. The van der Waals surface area contributed by atoms with Crippen LogP contribution in [0.4, 0.5) is 11.4 Å². The molecule has 0 amide bonds. The van der Waals surface area contributed by atoms with Crippen molar-refractivity contribution in [3.8, 4) is 0 Å². The average Bonchev–Trinajstić information content (AvgIpc) is 3.41. The van der Waals surface area contributed by atoms with Crippen LogP contribution in [-0.2, 0) is 7.05 Å². The third kappa shape index (κ3) is 2.78. The van der Waals surface area contributed by atoms with Gasteiger partial charge in [-0.05, 0) is 31.0 Å². The SMILES string of the molecule is Cn1cc([N+]23C=CN=CC2=NC(Nc2cnn(C4CCNCC4)c2)=N3)cn1. The van der Waals surface area contributed by atoms with Crippen LogP contribution < -0.4 is 15.2 Å². The van der Waals surface area contributed by atoms with Gasteiger partial charge in [-0.25, -0.2) is 0 Å². The number of piperidine rings is 1. The van der Waals surface area contributed by atoms with Crippen molar-refractivity contribution in [2.45, 2.75) is 18.9 Å². The van der Waals surface area contributed by atoms with E-state index in [1.54, 1.807) is 23.3 Å². The number of anilines is 1. The van der Waals surface area contributed by atoms with E-state index in [0.29, 0.717) is 12.0 Å². The number of quaternary nitrogens is 1. The number of hydrogen-bond acceptors (Lipinski definition) is 7. The summed E-state index contributed by atoms with van der Waals surface area (Å²) in [5.74, 6) is 1.25. The van der Waals surface area contributed by atoms with Gasteiger partial charge in [-0.2, -0.15) is 15.2 Å². The van der Waals surface area contributed by atoms with Crippen molar-refractivity contribution in [2.75, 3.05) is 18.4 Å². The highest BCUT2D eigenvalue weighted by Crippen LogP contribution is 2.30. The molecule has 0 radical (unpaired) electrons. The smallest absolute Gasteiger partial charge is 0.287 e. The van der Waals surface area contributed by atoms with Gasteiger partial charge in [-0.1, -0.05) is 4.59 Å². The third-order valence-electron chi connectivity index (χ3n) is 5.01. The summed E-state index contributed by atoms with van der Waals surface area (Å²) in [5.41, 5.74) is 1.78. The second-order valence-corrected chi connectivity index (χ2v) is 6.84. The van der Waals surface area contributed by atoms with Crippen LogP contribution in [0.15, 0.2) is 52.3 Å². The highest BCUT2D eigenvalue weighted by Gasteiger charge is 2.43. The summed E-state index contributed by atoms with van der Waals surface area (Å²) in [4.78, 5) is 8.83. The number of guanidine groups is 1. The molecule has 2 N–H and O–H groups in total. The number of amidine groups is 1. The number of rotatable bonds is 3. The second kappa shape index (κ2) is 6.25. The molecule has 3 aliphatic heterocycles. The molecule has 3 aliphatic rings. The zero-order chi connectivity index (χ0) is 18.3. The van der Waals surface area contributed by atoms with Crippen LogP contribution in [0.1, 0.15) is 18.9 Å². The predicted octanol–water partition coefficient (Wildman–Crippen LogP) is 1.20. The fraction of sp³-hybridized carbons (Fsp3) is 0.353. The van der Waals surface area contributed by atoms with Gasteiger partial charge in [0.25, 0.3) is 11.8 Å². The first-order valence-electron chi connectivity index (χ1n) is 9.03. The van der Waals surface area contributed by atoms with E-state index in [1.165, 1.54) is 0 Å². The van der Waals surface area contributed by atoms with E-state index in [4.69, 9.17) is 5.10 Å². The van der Waals surface area contributed by atoms with Crippen molar-refractivity contribution < 1.29 is 0 Å². The Bertz CT molecular complexity index is 972. The molecular formula is C17H21N10+. The largest absolute Gasteiger partial charge is 0.317 e. The van der Waals surface area contributed by atoms with Crippen LogP contribution in [0, 0.1) is 0 Å². The van der Waals surface area contributed by atoms with Gasteiger partial charge in [0, 0.05) is 13.2 Å². The lowest BCUT2D eigenvalue weighted by Crippen LogP contribution is -2.44. The van der Waals surface area contributed by atoms with Crippen molar-refractivity contribution in [3.63, 3.8) is 0 Å². The highest BCUT2D eigenvalue weighted by molar-refractivity contribution is 6.38. The van der Waals surface area contributed by atoms with Gasteiger partial charge in [0.1, 0.15) is 12.4 Å². The molecule has 138 valence electrons. The molecular weight excluding hydrogens is 344 g/mol. The number of nitrogens with zero attached hydrogens (tertiary/aromatic N) is 8. The topological polar surface area (TPSA) is 96.8 Å². The van der Waals surface area contributed by atoms with Gasteiger partial charge in [0.05, 0.1) is 30.3 Å². The van der Waals surface area contributed by atoms with Gasteiger partial charge in [0.2, 0.25) is 5.69 Å². The number of hydrogen-bond donors (Lipinski definition) is 2. The fourth-order valence-electron chi connectivity index (χ4n) is 3.59. The maximum absolute atomic E-state index is 4.80. The lowest BCUT2D eigenvalue weighted by Gasteiger charge is -2.22. The Labute approximate surface area is 156 Å². The molecule has 27 heavy (non-hydrogen) atoms. The molecule has 1 fully saturated rings. The molecule has 0 aliphatic carbocycles. The fourth-order valence-corrected chi connectivity index (χ4v) is 3.59. The maximum Gasteiger partial charge on any atom is 0.287 e. The summed E-state index contributed by atoms with van der Waals surface area (Å²) in [7, 11) is 1.88. The molecule has 2 aromatic heterocycles. The minimum Gasteiger partial charge on any atom is -0.317 e. The number of aromatic nitrogens is 4. The summed E-state index contributed by atoms with van der Waals surface area (Å²) >= 11 is 0. The first-order valence-corrected chi connectivity index (χ1v) is 9.03. The molecule has 0 bridgehead atoms. The van der Waals surface area contributed by atoms with Crippen LogP contribution in [0.25, 0.3) is 0 Å². The minimum atomic E-state index is 0.127. The van der Waals surface area contributed by atoms with Gasteiger partial charge >= 0.3 is 0 Å². The van der Waals surface area contributed by atoms with E-state index in [1.807, 2.05) is 36.5 Å². The summed E-state index contributed by atoms with van der Waals surface area (Å²) in [6, 6.07) is 0.439. The molecule has 5 rings (SSSR count). The second-order valence-electron chi connectivity index (χ2n) is 6.84. The molecule has 10 heteroatoms. The van der Waals surface area contributed by atoms with E-state index < -0.39 is 0 Å². The van der Waals surface area contributed by atoms with Gasteiger partial charge < -0.3 is 10.6 Å². The molecule has 10 nitrogen and oxygen atoms in total.